The van der Waals surface area contributed by atoms with Crippen LogP contribution < -0.4 is 10.2 Å². The van der Waals surface area contributed by atoms with Gasteiger partial charge < -0.3 is 9.47 Å². The van der Waals surface area contributed by atoms with Crippen LogP contribution in [0.1, 0.15) is 6.92 Å². The van der Waals surface area contributed by atoms with Gasteiger partial charge >= 0.3 is 0 Å². The second-order valence-electron chi connectivity index (χ2n) is 3.36. The maximum absolute atomic E-state index is 6.03. The maximum Gasteiger partial charge on any atom is 0.173 e. The van der Waals surface area contributed by atoms with Crippen molar-refractivity contribution < 1.29 is 14.3 Å². The molecule has 0 radical (unpaired) electrons. The van der Waals surface area contributed by atoms with Crippen molar-refractivity contribution in [3.8, 4) is 18.1 Å². The number of aliphatic imine (C=N–C) groups is 1. The van der Waals surface area contributed by atoms with Crippen molar-refractivity contribution >= 4 is 35.2 Å². The van der Waals surface area contributed by atoms with E-state index in [0.717, 1.165) is 0 Å². The zero-order valence-corrected chi connectivity index (χ0v) is 12.4. The van der Waals surface area contributed by atoms with Crippen molar-refractivity contribution in [3.63, 3.8) is 0 Å². The standard InChI is InChI=1S/C13H14Cl2N2O3/c1-3-5-19-13-11(14)6-10(7-12(13)15)16-8-17-20-9-18-4-2/h1,6-8H,4-5,9H2,2H3,(H,16,17). The summed E-state index contributed by atoms with van der Waals surface area (Å²) in [5, 5.41) is 0.658. The second kappa shape index (κ2) is 9.45. The van der Waals surface area contributed by atoms with Gasteiger partial charge in [-0.2, -0.15) is 0 Å². The van der Waals surface area contributed by atoms with E-state index in [-0.39, 0.29) is 13.4 Å². The first-order valence-electron chi connectivity index (χ1n) is 5.72. The first-order valence-corrected chi connectivity index (χ1v) is 6.47. The zero-order valence-electron chi connectivity index (χ0n) is 10.9. The van der Waals surface area contributed by atoms with Crippen LogP contribution in [0.2, 0.25) is 10.0 Å². The van der Waals surface area contributed by atoms with Crippen LogP contribution in [0.4, 0.5) is 5.69 Å². The summed E-state index contributed by atoms with van der Waals surface area (Å²) in [6.45, 7) is 2.66. The Morgan fingerprint density at radius 1 is 1.40 bits per heavy atom. The van der Waals surface area contributed by atoms with E-state index in [4.69, 9.17) is 43.9 Å². The molecule has 0 bridgehead atoms. The fourth-order valence-corrected chi connectivity index (χ4v) is 1.75. The number of benzene rings is 1. The Kier molecular flexibility index (Phi) is 7.85. The molecular formula is C13H14Cl2N2O3. The molecule has 0 unspecified atom stereocenters. The Morgan fingerprint density at radius 2 is 2.10 bits per heavy atom. The van der Waals surface area contributed by atoms with Gasteiger partial charge in [-0.1, -0.05) is 29.1 Å². The summed E-state index contributed by atoms with van der Waals surface area (Å²) in [5.41, 5.74) is 3.04. The lowest BCUT2D eigenvalue weighted by Crippen LogP contribution is -2.14. The average Bonchev–Trinajstić information content (AvgIpc) is 2.42. The van der Waals surface area contributed by atoms with Crippen molar-refractivity contribution in [2.24, 2.45) is 4.99 Å². The Labute approximate surface area is 127 Å². The molecule has 0 spiro atoms. The van der Waals surface area contributed by atoms with E-state index in [1.165, 1.54) is 6.34 Å². The molecule has 20 heavy (non-hydrogen) atoms. The Morgan fingerprint density at radius 3 is 2.70 bits per heavy atom. The predicted molar refractivity (Wildman–Crippen MR) is 79.7 cm³/mol. The maximum atomic E-state index is 6.03. The molecule has 7 heteroatoms. The third-order valence-electron chi connectivity index (χ3n) is 1.98. The van der Waals surface area contributed by atoms with Gasteiger partial charge in [0.15, 0.2) is 12.5 Å². The normalized spacial score (nSPS) is 10.5. The van der Waals surface area contributed by atoms with Crippen LogP contribution in [0.5, 0.6) is 5.75 Å². The number of nitrogens with one attached hydrogen (secondary N) is 1. The highest BCUT2D eigenvalue weighted by atomic mass is 35.5. The van der Waals surface area contributed by atoms with E-state index in [1.807, 2.05) is 6.92 Å². The lowest BCUT2D eigenvalue weighted by Gasteiger charge is -2.08. The number of rotatable bonds is 8. The summed E-state index contributed by atoms with van der Waals surface area (Å²) in [6.07, 6.45) is 6.46. The van der Waals surface area contributed by atoms with Crippen molar-refractivity contribution in [1.82, 2.24) is 5.48 Å². The number of nitrogens with zero attached hydrogens (tertiary/aromatic N) is 1. The van der Waals surface area contributed by atoms with E-state index in [2.05, 4.69) is 16.4 Å². The van der Waals surface area contributed by atoms with E-state index in [1.54, 1.807) is 12.1 Å². The molecule has 1 rings (SSSR count). The molecule has 0 aliphatic heterocycles. The Bertz CT molecular complexity index is 478. The molecule has 1 N–H and O–H groups in total. The van der Waals surface area contributed by atoms with E-state index < -0.39 is 0 Å². The van der Waals surface area contributed by atoms with Crippen LogP contribution >= 0.6 is 23.2 Å². The predicted octanol–water partition coefficient (Wildman–Crippen LogP) is 3.18. The van der Waals surface area contributed by atoms with E-state index >= 15 is 0 Å². The average molecular weight is 317 g/mol. The lowest BCUT2D eigenvalue weighted by atomic mass is 10.3. The van der Waals surface area contributed by atoms with Crippen LogP contribution in [0, 0.1) is 12.3 Å². The summed E-state index contributed by atoms with van der Waals surface area (Å²) >= 11 is 12.1. The molecule has 0 atom stereocenters. The molecule has 0 amide bonds. The SMILES string of the molecule is C#CCOc1c(Cl)cc(N=CNOCOCC)cc1Cl. The Hall–Kier alpha value is -1.45. The van der Waals surface area contributed by atoms with Gasteiger partial charge in [0.1, 0.15) is 12.9 Å². The molecule has 0 aliphatic carbocycles. The third kappa shape index (κ3) is 5.68. The van der Waals surface area contributed by atoms with Crippen LogP contribution in [-0.2, 0) is 9.57 Å². The third-order valence-corrected chi connectivity index (χ3v) is 2.54. The quantitative estimate of drug-likeness (QED) is 0.200. The van der Waals surface area contributed by atoms with Crippen molar-refractivity contribution in [1.29, 1.82) is 0 Å². The molecule has 0 heterocycles. The smallest absolute Gasteiger partial charge is 0.173 e. The number of hydrogen-bond donors (Lipinski definition) is 1. The summed E-state index contributed by atoms with van der Waals surface area (Å²) in [6, 6.07) is 3.19. The van der Waals surface area contributed by atoms with Gasteiger partial charge in [-0.15, -0.1) is 6.42 Å². The Balaban J connectivity index is 2.60. The van der Waals surface area contributed by atoms with Crippen molar-refractivity contribution in [3.05, 3.63) is 22.2 Å². The molecule has 0 aromatic heterocycles. The van der Waals surface area contributed by atoms with Crippen molar-refractivity contribution in [2.75, 3.05) is 20.0 Å². The number of hydrogen-bond acceptors (Lipinski definition) is 4. The van der Waals surface area contributed by atoms with Crippen LogP contribution in [-0.4, -0.2) is 26.3 Å². The molecule has 5 nitrogen and oxygen atoms in total. The van der Waals surface area contributed by atoms with Gasteiger partial charge in [0.2, 0.25) is 0 Å². The molecule has 1 aromatic rings. The van der Waals surface area contributed by atoms with Gasteiger partial charge in [0, 0.05) is 6.61 Å². The van der Waals surface area contributed by atoms with E-state index in [0.29, 0.717) is 28.1 Å². The van der Waals surface area contributed by atoms with Gasteiger partial charge in [-0.05, 0) is 19.1 Å². The minimum atomic E-state index is 0.0921. The highest BCUT2D eigenvalue weighted by Gasteiger charge is 2.08. The minimum Gasteiger partial charge on any atom is -0.478 e. The van der Waals surface area contributed by atoms with Gasteiger partial charge in [0.25, 0.3) is 0 Å². The largest absolute Gasteiger partial charge is 0.478 e. The van der Waals surface area contributed by atoms with Crippen LogP contribution in [0.15, 0.2) is 17.1 Å². The molecule has 0 saturated carbocycles. The first-order chi connectivity index (χ1) is 9.69. The summed E-state index contributed by atoms with van der Waals surface area (Å²) in [7, 11) is 0. The molecular weight excluding hydrogens is 303 g/mol. The molecule has 0 fully saturated rings. The number of terminal acetylenes is 1. The molecule has 1 aromatic carbocycles. The first kappa shape index (κ1) is 16.6. The number of halogens is 2. The lowest BCUT2D eigenvalue weighted by molar-refractivity contribution is -0.0737. The van der Waals surface area contributed by atoms with Crippen LogP contribution in [0.3, 0.4) is 0 Å². The zero-order chi connectivity index (χ0) is 14.8. The minimum absolute atomic E-state index is 0.0921. The highest BCUT2D eigenvalue weighted by Crippen LogP contribution is 2.36. The second-order valence-corrected chi connectivity index (χ2v) is 4.18. The monoisotopic (exact) mass is 316 g/mol. The van der Waals surface area contributed by atoms with Gasteiger partial charge in [-0.3, -0.25) is 5.48 Å². The van der Waals surface area contributed by atoms with E-state index in [9.17, 15) is 0 Å². The molecule has 108 valence electrons. The number of hydroxylamine groups is 1. The van der Waals surface area contributed by atoms with Crippen LogP contribution in [0.25, 0.3) is 0 Å². The van der Waals surface area contributed by atoms with Gasteiger partial charge in [-0.25, -0.2) is 9.83 Å². The summed E-state index contributed by atoms with van der Waals surface area (Å²) < 4.78 is 10.2. The number of ether oxygens (including phenoxy) is 2. The fraction of sp³-hybridized carbons (Fsp3) is 0.308. The highest BCUT2D eigenvalue weighted by molar-refractivity contribution is 6.37. The fourth-order valence-electron chi connectivity index (χ4n) is 1.17. The molecule has 0 aliphatic rings. The summed E-state index contributed by atoms with van der Waals surface area (Å²) in [5.74, 6) is 2.68. The van der Waals surface area contributed by atoms with Gasteiger partial charge in [0.05, 0.1) is 15.7 Å². The summed E-state index contributed by atoms with van der Waals surface area (Å²) in [4.78, 5) is 8.96. The molecule has 0 saturated heterocycles. The topological polar surface area (TPSA) is 52.1 Å². The van der Waals surface area contributed by atoms with Crippen molar-refractivity contribution in [2.45, 2.75) is 6.92 Å².